The van der Waals surface area contributed by atoms with E-state index in [1.807, 2.05) is 6.92 Å². The molecule has 0 fully saturated rings. The zero-order valence-electron chi connectivity index (χ0n) is 12.3. The Kier molecular flexibility index (Phi) is 8.25. The van der Waals surface area contributed by atoms with E-state index in [-0.39, 0.29) is 23.0 Å². The fraction of sp³-hybridized carbons (Fsp3) is 0.923. The van der Waals surface area contributed by atoms with Crippen molar-refractivity contribution >= 4 is 15.8 Å². The molecule has 0 aromatic rings. The maximum atomic E-state index is 11.6. The molecule has 114 valence electrons. The summed E-state index contributed by atoms with van der Waals surface area (Å²) in [6.45, 7) is 7.53. The summed E-state index contributed by atoms with van der Waals surface area (Å²) in [4.78, 5) is 10.6. The zero-order valence-corrected chi connectivity index (χ0v) is 13.2. The lowest BCUT2D eigenvalue weighted by molar-refractivity contribution is -0.141. The molecule has 0 bridgehead atoms. The van der Waals surface area contributed by atoms with Gasteiger partial charge in [0.15, 0.2) is 9.84 Å². The molecule has 0 aromatic carbocycles. The van der Waals surface area contributed by atoms with Gasteiger partial charge in [0.2, 0.25) is 0 Å². The number of aliphatic carboxylic acids is 1. The Hall–Kier alpha value is -0.620. The second-order valence-corrected chi connectivity index (χ2v) is 8.12. The van der Waals surface area contributed by atoms with Crippen molar-refractivity contribution in [3.8, 4) is 0 Å². The van der Waals surface area contributed by atoms with Crippen molar-refractivity contribution in [2.75, 3.05) is 12.3 Å². The molecule has 0 rings (SSSR count). The normalized spacial score (nSPS) is 15.4. The molecular formula is C13H27NO4S. The highest BCUT2D eigenvalue weighted by molar-refractivity contribution is 7.92. The number of carboxylic acids is 1. The van der Waals surface area contributed by atoms with E-state index in [1.54, 1.807) is 20.8 Å². The Morgan fingerprint density at radius 1 is 1.16 bits per heavy atom. The lowest BCUT2D eigenvalue weighted by atomic mass is 10.0. The van der Waals surface area contributed by atoms with Crippen LogP contribution in [0.3, 0.4) is 0 Å². The molecule has 0 aromatic heterocycles. The van der Waals surface area contributed by atoms with E-state index in [4.69, 9.17) is 5.11 Å². The average Bonchev–Trinajstić information content (AvgIpc) is 2.28. The van der Waals surface area contributed by atoms with E-state index < -0.39 is 15.8 Å². The number of hydrogen-bond donors (Lipinski definition) is 2. The summed E-state index contributed by atoms with van der Waals surface area (Å²) < 4.78 is 23.2. The van der Waals surface area contributed by atoms with Crippen LogP contribution in [0, 0.1) is 5.92 Å². The second kappa shape index (κ2) is 8.53. The smallest absolute Gasteiger partial charge is 0.306 e. The van der Waals surface area contributed by atoms with Gasteiger partial charge in [0.25, 0.3) is 0 Å². The lowest BCUT2D eigenvalue weighted by Gasteiger charge is -2.15. The Balaban J connectivity index is 3.77. The molecule has 2 N–H and O–H groups in total. The minimum Gasteiger partial charge on any atom is -0.481 e. The molecule has 0 amide bonds. The summed E-state index contributed by atoms with van der Waals surface area (Å²) in [7, 11) is -2.98. The van der Waals surface area contributed by atoms with Crippen molar-refractivity contribution in [3.63, 3.8) is 0 Å². The predicted octanol–water partition coefficient (Wildman–Crippen LogP) is 1.68. The van der Waals surface area contributed by atoms with Gasteiger partial charge in [0.1, 0.15) is 0 Å². The van der Waals surface area contributed by atoms with Crippen LogP contribution in [-0.2, 0) is 14.6 Å². The van der Waals surface area contributed by atoms with Gasteiger partial charge < -0.3 is 10.4 Å². The van der Waals surface area contributed by atoms with Gasteiger partial charge in [-0.2, -0.15) is 0 Å². The number of nitrogens with one attached hydrogen (secondary N) is 1. The predicted molar refractivity (Wildman–Crippen MR) is 77.0 cm³/mol. The number of sulfone groups is 1. The largest absolute Gasteiger partial charge is 0.481 e. The zero-order chi connectivity index (χ0) is 15.1. The Bertz CT molecular complexity index is 365. The van der Waals surface area contributed by atoms with Crippen LogP contribution < -0.4 is 5.32 Å². The molecule has 5 nitrogen and oxygen atoms in total. The molecule has 19 heavy (non-hydrogen) atoms. The van der Waals surface area contributed by atoms with Crippen LogP contribution in [0.25, 0.3) is 0 Å². The fourth-order valence-corrected chi connectivity index (χ4v) is 2.51. The van der Waals surface area contributed by atoms with Crippen LogP contribution in [0.2, 0.25) is 0 Å². The van der Waals surface area contributed by atoms with E-state index in [0.29, 0.717) is 13.0 Å². The Morgan fingerprint density at radius 2 is 1.74 bits per heavy atom. The van der Waals surface area contributed by atoms with Crippen LogP contribution in [0.1, 0.15) is 47.0 Å². The highest BCUT2D eigenvalue weighted by atomic mass is 32.2. The monoisotopic (exact) mass is 293 g/mol. The summed E-state index contributed by atoms with van der Waals surface area (Å²) >= 11 is 0. The van der Waals surface area contributed by atoms with E-state index in [1.165, 1.54) is 0 Å². The number of carbonyl (C=O) groups is 1. The molecule has 0 spiro atoms. The third-order valence-corrected chi connectivity index (χ3v) is 5.50. The molecule has 0 saturated carbocycles. The van der Waals surface area contributed by atoms with E-state index in [0.717, 1.165) is 12.8 Å². The third-order valence-electron chi connectivity index (χ3n) is 3.29. The minimum absolute atomic E-state index is 0.153. The lowest BCUT2D eigenvalue weighted by Crippen LogP contribution is -2.33. The van der Waals surface area contributed by atoms with E-state index in [9.17, 15) is 13.2 Å². The van der Waals surface area contributed by atoms with Crippen molar-refractivity contribution in [3.05, 3.63) is 0 Å². The standard InChI is InChI=1S/C13H27NO4S/c1-10(2)19(17,18)9-8-14-12(4)7-5-6-11(3)13(15)16/h10-12,14H,5-9H2,1-4H3,(H,15,16). The minimum atomic E-state index is -2.98. The van der Waals surface area contributed by atoms with Crippen molar-refractivity contribution < 1.29 is 18.3 Å². The molecule has 6 heteroatoms. The maximum absolute atomic E-state index is 11.6. The summed E-state index contributed by atoms with van der Waals surface area (Å²) in [6.07, 6.45) is 2.35. The van der Waals surface area contributed by atoms with Crippen LogP contribution in [-0.4, -0.2) is 43.1 Å². The highest BCUT2D eigenvalue weighted by Crippen LogP contribution is 2.09. The fourth-order valence-electron chi connectivity index (χ4n) is 1.64. The highest BCUT2D eigenvalue weighted by Gasteiger charge is 2.16. The van der Waals surface area contributed by atoms with Gasteiger partial charge in [-0.25, -0.2) is 8.42 Å². The first kappa shape index (κ1) is 18.4. The molecular weight excluding hydrogens is 266 g/mol. The molecule has 0 aliphatic rings. The quantitative estimate of drug-likeness (QED) is 0.640. The van der Waals surface area contributed by atoms with Crippen molar-refractivity contribution in [2.24, 2.45) is 5.92 Å². The third kappa shape index (κ3) is 8.21. The first-order valence-electron chi connectivity index (χ1n) is 6.84. The van der Waals surface area contributed by atoms with Gasteiger partial charge in [0.05, 0.1) is 16.9 Å². The van der Waals surface area contributed by atoms with Crippen molar-refractivity contribution in [1.29, 1.82) is 0 Å². The van der Waals surface area contributed by atoms with Crippen LogP contribution in [0.5, 0.6) is 0 Å². The average molecular weight is 293 g/mol. The summed E-state index contributed by atoms with van der Waals surface area (Å²) in [6, 6.07) is 0.211. The summed E-state index contributed by atoms with van der Waals surface area (Å²) in [5.41, 5.74) is 0. The summed E-state index contributed by atoms with van der Waals surface area (Å²) in [5.74, 6) is -0.919. The second-order valence-electron chi connectivity index (χ2n) is 5.44. The van der Waals surface area contributed by atoms with Crippen LogP contribution in [0.15, 0.2) is 0 Å². The van der Waals surface area contributed by atoms with Gasteiger partial charge in [-0.3, -0.25) is 4.79 Å². The van der Waals surface area contributed by atoms with Gasteiger partial charge in [-0.1, -0.05) is 13.3 Å². The van der Waals surface area contributed by atoms with Crippen LogP contribution >= 0.6 is 0 Å². The van der Waals surface area contributed by atoms with Gasteiger partial charge in [-0.15, -0.1) is 0 Å². The van der Waals surface area contributed by atoms with Crippen molar-refractivity contribution in [2.45, 2.75) is 58.2 Å². The van der Waals surface area contributed by atoms with E-state index >= 15 is 0 Å². The molecule has 2 unspecified atom stereocenters. The molecule has 2 atom stereocenters. The summed E-state index contributed by atoms with van der Waals surface area (Å²) in [5, 5.41) is 11.6. The van der Waals surface area contributed by atoms with Gasteiger partial charge in [0, 0.05) is 12.6 Å². The van der Waals surface area contributed by atoms with Gasteiger partial charge in [-0.05, 0) is 33.6 Å². The SMILES string of the molecule is CC(CCCC(C)C(=O)O)NCCS(=O)(=O)C(C)C. The maximum Gasteiger partial charge on any atom is 0.306 e. The van der Waals surface area contributed by atoms with Crippen molar-refractivity contribution in [1.82, 2.24) is 5.32 Å². The first-order valence-corrected chi connectivity index (χ1v) is 8.56. The molecule has 0 aliphatic carbocycles. The Morgan fingerprint density at radius 3 is 2.21 bits per heavy atom. The Labute approximate surface area is 116 Å². The van der Waals surface area contributed by atoms with E-state index in [2.05, 4.69) is 5.32 Å². The van der Waals surface area contributed by atoms with Crippen LogP contribution in [0.4, 0.5) is 0 Å². The molecule has 0 heterocycles. The molecule has 0 saturated heterocycles. The number of hydrogen-bond acceptors (Lipinski definition) is 4. The van der Waals surface area contributed by atoms with Gasteiger partial charge >= 0.3 is 5.97 Å². The number of rotatable bonds is 10. The first-order chi connectivity index (χ1) is 8.66. The molecule has 0 radical (unpaired) electrons. The topological polar surface area (TPSA) is 83.5 Å². The number of carboxylic acid groups (broad SMARTS) is 1. The molecule has 0 aliphatic heterocycles.